The first-order valence-corrected chi connectivity index (χ1v) is 7.65. The lowest BCUT2D eigenvalue weighted by atomic mass is 10.2. The fourth-order valence-electron chi connectivity index (χ4n) is 1.96. The summed E-state index contributed by atoms with van der Waals surface area (Å²) in [7, 11) is 3.09. The first-order chi connectivity index (χ1) is 11.6. The molecule has 0 saturated carbocycles. The van der Waals surface area contributed by atoms with Gasteiger partial charge in [-0.15, -0.1) is 0 Å². The first-order valence-electron chi connectivity index (χ1n) is 7.27. The van der Waals surface area contributed by atoms with Gasteiger partial charge < -0.3 is 24.8 Å². The molecule has 2 amide bonds. The normalized spacial score (nSPS) is 9.96. The van der Waals surface area contributed by atoms with Gasteiger partial charge in [0.1, 0.15) is 23.9 Å². The lowest BCUT2D eigenvalue weighted by molar-refractivity contribution is 0.247. The van der Waals surface area contributed by atoms with E-state index in [-0.39, 0.29) is 6.03 Å². The Morgan fingerprint density at radius 3 is 2.62 bits per heavy atom. The van der Waals surface area contributed by atoms with Crippen molar-refractivity contribution in [3.8, 4) is 17.2 Å². The van der Waals surface area contributed by atoms with Gasteiger partial charge in [-0.1, -0.05) is 17.7 Å². The van der Waals surface area contributed by atoms with Crippen LogP contribution in [-0.2, 0) is 0 Å². The van der Waals surface area contributed by atoms with E-state index in [1.807, 2.05) is 0 Å². The van der Waals surface area contributed by atoms with Crippen LogP contribution in [0.15, 0.2) is 42.5 Å². The topological polar surface area (TPSA) is 68.8 Å². The summed E-state index contributed by atoms with van der Waals surface area (Å²) >= 11 is 5.87. The second-order valence-corrected chi connectivity index (χ2v) is 5.19. The molecule has 0 spiro atoms. The molecule has 0 bridgehead atoms. The highest BCUT2D eigenvalue weighted by atomic mass is 35.5. The van der Waals surface area contributed by atoms with Gasteiger partial charge in [0.2, 0.25) is 0 Å². The van der Waals surface area contributed by atoms with Crippen LogP contribution in [0, 0.1) is 0 Å². The molecular weight excluding hydrogens is 332 g/mol. The number of nitrogens with one attached hydrogen (secondary N) is 2. The summed E-state index contributed by atoms with van der Waals surface area (Å²) in [6.07, 6.45) is 0. The molecule has 6 nitrogen and oxygen atoms in total. The van der Waals surface area contributed by atoms with Crippen LogP contribution in [0.2, 0.25) is 5.02 Å². The highest BCUT2D eigenvalue weighted by Gasteiger charge is 2.08. The van der Waals surface area contributed by atoms with E-state index < -0.39 is 0 Å². The quantitative estimate of drug-likeness (QED) is 0.749. The van der Waals surface area contributed by atoms with Crippen LogP contribution in [0.5, 0.6) is 17.2 Å². The maximum Gasteiger partial charge on any atom is 0.319 e. The summed E-state index contributed by atoms with van der Waals surface area (Å²) in [5, 5.41) is 6.02. The van der Waals surface area contributed by atoms with Crippen molar-refractivity contribution in [1.29, 1.82) is 0 Å². The van der Waals surface area contributed by atoms with Crippen molar-refractivity contribution in [1.82, 2.24) is 5.32 Å². The van der Waals surface area contributed by atoms with E-state index in [2.05, 4.69) is 10.6 Å². The summed E-state index contributed by atoms with van der Waals surface area (Å²) in [5.74, 6) is 1.81. The van der Waals surface area contributed by atoms with Crippen molar-refractivity contribution in [2.45, 2.75) is 0 Å². The number of amides is 2. The van der Waals surface area contributed by atoms with E-state index in [4.69, 9.17) is 25.8 Å². The SMILES string of the molecule is COc1ccc(NC(=O)NCCOc2cccc(Cl)c2)c(OC)c1. The molecule has 0 unspecified atom stereocenters. The molecule has 7 heteroatoms. The van der Waals surface area contributed by atoms with Gasteiger partial charge in [0.25, 0.3) is 0 Å². The van der Waals surface area contributed by atoms with E-state index in [1.54, 1.807) is 49.6 Å². The Hall–Kier alpha value is -2.60. The van der Waals surface area contributed by atoms with Crippen LogP contribution in [0.1, 0.15) is 0 Å². The highest BCUT2D eigenvalue weighted by molar-refractivity contribution is 6.30. The Bertz CT molecular complexity index is 694. The number of halogens is 1. The molecule has 0 aliphatic rings. The molecule has 0 aromatic heterocycles. The zero-order chi connectivity index (χ0) is 17.4. The predicted octanol–water partition coefficient (Wildman–Crippen LogP) is 3.56. The second-order valence-electron chi connectivity index (χ2n) is 4.75. The van der Waals surface area contributed by atoms with E-state index >= 15 is 0 Å². The van der Waals surface area contributed by atoms with Gasteiger partial charge in [-0.05, 0) is 30.3 Å². The fourth-order valence-corrected chi connectivity index (χ4v) is 2.14. The van der Waals surface area contributed by atoms with Crippen LogP contribution in [0.25, 0.3) is 0 Å². The summed E-state index contributed by atoms with van der Waals surface area (Å²) in [6, 6.07) is 11.9. The van der Waals surface area contributed by atoms with Gasteiger partial charge in [-0.2, -0.15) is 0 Å². The van der Waals surface area contributed by atoms with E-state index in [0.29, 0.717) is 41.1 Å². The lowest BCUT2D eigenvalue weighted by Gasteiger charge is -2.12. The number of hydrogen-bond donors (Lipinski definition) is 2. The molecular formula is C17H19ClN2O4. The molecule has 2 aromatic carbocycles. The number of benzene rings is 2. The number of urea groups is 1. The standard InChI is InChI=1S/C17H19ClN2O4/c1-22-13-6-7-15(16(11-13)23-2)20-17(21)19-8-9-24-14-5-3-4-12(18)10-14/h3-7,10-11H,8-9H2,1-2H3,(H2,19,20,21). The van der Waals surface area contributed by atoms with E-state index in [1.165, 1.54) is 7.11 Å². The molecule has 2 aromatic rings. The second kappa shape index (κ2) is 8.88. The van der Waals surface area contributed by atoms with Crippen LogP contribution in [0.4, 0.5) is 10.5 Å². The summed E-state index contributed by atoms with van der Waals surface area (Å²) in [6.45, 7) is 0.671. The van der Waals surface area contributed by atoms with Gasteiger partial charge in [0, 0.05) is 11.1 Å². The van der Waals surface area contributed by atoms with E-state index in [9.17, 15) is 4.79 Å². The average Bonchev–Trinajstić information content (AvgIpc) is 2.59. The van der Waals surface area contributed by atoms with Crippen molar-refractivity contribution in [2.75, 3.05) is 32.7 Å². The minimum absolute atomic E-state index is 0.327. The van der Waals surface area contributed by atoms with Crippen molar-refractivity contribution >= 4 is 23.3 Å². The molecule has 0 atom stereocenters. The fraction of sp³-hybridized carbons (Fsp3) is 0.235. The van der Waals surface area contributed by atoms with E-state index in [0.717, 1.165) is 0 Å². The molecule has 0 heterocycles. The molecule has 2 N–H and O–H groups in total. The van der Waals surface area contributed by atoms with Crippen molar-refractivity contribution < 1.29 is 19.0 Å². The van der Waals surface area contributed by atoms with Crippen LogP contribution >= 0.6 is 11.6 Å². The van der Waals surface area contributed by atoms with Crippen molar-refractivity contribution in [3.63, 3.8) is 0 Å². The van der Waals surface area contributed by atoms with Gasteiger partial charge >= 0.3 is 6.03 Å². The highest BCUT2D eigenvalue weighted by Crippen LogP contribution is 2.28. The number of ether oxygens (including phenoxy) is 3. The van der Waals surface area contributed by atoms with Gasteiger partial charge in [0.15, 0.2) is 0 Å². The lowest BCUT2D eigenvalue weighted by Crippen LogP contribution is -2.32. The Kier molecular flexibility index (Phi) is 6.57. The van der Waals surface area contributed by atoms with Gasteiger partial charge in [0.05, 0.1) is 26.5 Å². The largest absolute Gasteiger partial charge is 0.497 e. The molecule has 128 valence electrons. The molecule has 0 saturated heterocycles. The summed E-state index contributed by atoms with van der Waals surface area (Å²) in [4.78, 5) is 11.9. The number of anilines is 1. The predicted molar refractivity (Wildman–Crippen MR) is 93.5 cm³/mol. The van der Waals surface area contributed by atoms with Crippen molar-refractivity contribution in [2.24, 2.45) is 0 Å². The molecule has 0 aliphatic carbocycles. The minimum atomic E-state index is -0.354. The number of carbonyl (C=O) groups excluding carboxylic acids is 1. The van der Waals surface area contributed by atoms with Crippen LogP contribution in [0.3, 0.4) is 0 Å². The minimum Gasteiger partial charge on any atom is -0.497 e. The maximum atomic E-state index is 11.9. The Labute approximate surface area is 145 Å². The molecule has 0 fully saturated rings. The average molecular weight is 351 g/mol. The van der Waals surface area contributed by atoms with Crippen molar-refractivity contribution in [3.05, 3.63) is 47.5 Å². The molecule has 0 radical (unpaired) electrons. The Balaban J connectivity index is 1.79. The number of methoxy groups -OCH3 is 2. The van der Waals surface area contributed by atoms with Crippen LogP contribution in [-0.4, -0.2) is 33.4 Å². The monoisotopic (exact) mass is 350 g/mol. The maximum absolute atomic E-state index is 11.9. The third kappa shape index (κ3) is 5.24. The third-order valence-electron chi connectivity index (χ3n) is 3.11. The molecule has 0 aliphatic heterocycles. The third-order valence-corrected chi connectivity index (χ3v) is 3.34. The molecule has 24 heavy (non-hydrogen) atoms. The first kappa shape index (κ1) is 17.7. The summed E-state index contributed by atoms with van der Waals surface area (Å²) < 4.78 is 15.8. The zero-order valence-corrected chi connectivity index (χ0v) is 14.2. The Morgan fingerprint density at radius 1 is 1.08 bits per heavy atom. The van der Waals surface area contributed by atoms with Gasteiger partial charge in [-0.25, -0.2) is 4.79 Å². The summed E-state index contributed by atoms with van der Waals surface area (Å²) in [5.41, 5.74) is 0.548. The number of hydrogen-bond acceptors (Lipinski definition) is 4. The van der Waals surface area contributed by atoms with Gasteiger partial charge in [-0.3, -0.25) is 0 Å². The van der Waals surface area contributed by atoms with Crippen LogP contribution < -0.4 is 24.8 Å². The zero-order valence-electron chi connectivity index (χ0n) is 13.5. The number of carbonyl (C=O) groups is 1. The Morgan fingerprint density at radius 2 is 1.92 bits per heavy atom. The smallest absolute Gasteiger partial charge is 0.319 e. The number of rotatable bonds is 7. The molecule has 2 rings (SSSR count).